The third-order valence-corrected chi connectivity index (χ3v) is 2.55. The number of nitrogens with zero attached hydrogens (tertiary/aromatic N) is 1. The fourth-order valence-electron chi connectivity index (χ4n) is 1.34. The Morgan fingerprint density at radius 2 is 1.95 bits per heavy atom. The molecule has 0 aliphatic carbocycles. The fourth-order valence-corrected chi connectivity index (χ4v) is 1.34. The van der Waals surface area contributed by atoms with Crippen LogP contribution < -0.4 is 5.32 Å². The Bertz CT molecular complexity index is 542. The molecule has 2 amide bonds. The van der Waals surface area contributed by atoms with E-state index >= 15 is 0 Å². The SMILES string of the molecule is C#CCCN(CC(=O)N/C(C=C)=C/C=C(\C)C#C)C(C)=O. The van der Waals surface area contributed by atoms with E-state index in [0.29, 0.717) is 18.7 Å². The lowest BCUT2D eigenvalue weighted by atomic mass is 10.2. The van der Waals surface area contributed by atoms with E-state index in [-0.39, 0.29) is 18.4 Å². The Morgan fingerprint density at radius 1 is 1.29 bits per heavy atom. The van der Waals surface area contributed by atoms with Crippen LogP contribution in [0.3, 0.4) is 0 Å². The van der Waals surface area contributed by atoms with E-state index in [4.69, 9.17) is 12.8 Å². The number of terminal acetylenes is 2. The van der Waals surface area contributed by atoms with Crippen LogP contribution in [0.4, 0.5) is 0 Å². The smallest absolute Gasteiger partial charge is 0.243 e. The summed E-state index contributed by atoms with van der Waals surface area (Å²) in [5, 5.41) is 2.65. The van der Waals surface area contributed by atoms with Gasteiger partial charge in [0.1, 0.15) is 0 Å². The summed E-state index contributed by atoms with van der Waals surface area (Å²) in [6, 6.07) is 0. The lowest BCUT2D eigenvalue weighted by Crippen LogP contribution is -2.39. The van der Waals surface area contributed by atoms with Crippen molar-refractivity contribution >= 4 is 11.8 Å². The van der Waals surface area contributed by atoms with E-state index in [2.05, 4.69) is 23.7 Å². The molecule has 0 aromatic rings. The van der Waals surface area contributed by atoms with Crippen LogP contribution in [0, 0.1) is 24.7 Å². The average molecular weight is 284 g/mol. The Labute approximate surface area is 126 Å². The van der Waals surface area contributed by atoms with Crippen LogP contribution in [-0.4, -0.2) is 29.8 Å². The summed E-state index contributed by atoms with van der Waals surface area (Å²) in [7, 11) is 0. The minimum absolute atomic E-state index is 0.0555. The van der Waals surface area contributed by atoms with Gasteiger partial charge in [0.25, 0.3) is 0 Å². The van der Waals surface area contributed by atoms with Crippen LogP contribution in [0.5, 0.6) is 0 Å². The molecule has 0 atom stereocenters. The zero-order valence-electron chi connectivity index (χ0n) is 12.5. The minimum atomic E-state index is -0.319. The quantitative estimate of drug-likeness (QED) is 0.570. The van der Waals surface area contributed by atoms with Gasteiger partial charge in [-0.3, -0.25) is 9.59 Å². The van der Waals surface area contributed by atoms with Gasteiger partial charge in [-0.1, -0.05) is 12.5 Å². The number of amides is 2. The summed E-state index contributed by atoms with van der Waals surface area (Å²) in [6.07, 6.45) is 15.6. The number of hydrogen-bond acceptors (Lipinski definition) is 2. The highest BCUT2D eigenvalue weighted by Crippen LogP contribution is 1.98. The third kappa shape index (κ3) is 8.13. The summed E-state index contributed by atoms with van der Waals surface area (Å²) < 4.78 is 0. The number of carbonyl (C=O) groups excluding carboxylic acids is 2. The molecule has 4 heteroatoms. The Kier molecular flexibility index (Phi) is 8.80. The van der Waals surface area contributed by atoms with Gasteiger partial charge in [0, 0.05) is 25.6 Å². The maximum absolute atomic E-state index is 11.9. The van der Waals surface area contributed by atoms with Crippen LogP contribution in [-0.2, 0) is 9.59 Å². The zero-order valence-corrected chi connectivity index (χ0v) is 12.5. The topological polar surface area (TPSA) is 49.4 Å². The van der Waals surface area contributed by atoms with E-state index in [1.807, 2.05) is 0 Å². The summed E-state index contributed by atoms with van der Waals surface area (Å²) in [6.45, 7) is 7.07. The lowest BCUT2D eigenvalue weighted by Gasteiger charge is -2.19. The van der Waals surface area contributed by atoms with E-state index < -0.39 is 0 Å². The van der Waals surface area contributed by atoms with Gasteiger partial charge in [0.2, 0.25) is 11.8 Å². The van der Waals surface area contributed by atoms with Gasteiger partial charge in [-0.05, 0) is 30.7 Å². The molecule has 0 saturated carbocycles. The van der Waals surface area contributed by atoms with Crippen molar-refractivity contribution in [3.63, 3.8) is 0 Å². The van der Waals surface area contributed by atoms with Gasteiger partial charge in [-0.25, -0.2) is 0 Å². The van der Waals surface area contributed by atoms with Crippen molar-refractivity contribution in [3.8, 4) is 24.7 Å². The first-order valence-electron chi connectivity index (χ1n) is 6.41. The van der Waals surface area contributed by atoms with Crippen LogP contribution in [0.15, 0.2) is 36.1 Å². The van der Waals surface area contributed by atoms with Gasteiger partial charge in [-0.15, -0.1) is 18.8 Å². The van der Waals surface area contributed by atoms with Crippen LogP contribution in [0.2, 0.25) is 0 Å². The first-order valence-corrected chi connectivity index (χ1v) is 6.41. The number of hydrogen-bond donors (Lipinski definition) is 1. The van der Waals surface area contributed by atoms with Gasteiger partial charge in [-0.2, -0.15) is 0 Å². The van der Waals surface area contributed by atoms with Crippen molar-refractivity contribution < 1.29 is 9.59 Å². The molecule has 0 radical (unpaired) electrons. The molecule has 0 aromatic heterocycles. The van der Waals surface area contributed by atoms with Gasteiger partial charge in [0.05, 0.1) is 6.54 Å². The summed E-state index contributed by atoms with van der Waals surface area (Å²) >= 11 is 0. The van der Waals surface area contributed by atoms with Crippen LogP contribution in [0.25, 0.3) is 0 Å². The van der Waals surface area contributed by atoms with Gasteiger partial charge in [0.15, 0.2) is 0 Å². The van der Waals surface area contributed by atoms with E-state index in [1.54, 1.807) is 19.1 Å². The average Bonchev–Trinajstić information content (AvgIpc) is 2.46. The first kappa shape index (κ1) is 18.3. The predicted octanol–water partition coefficient (Wildman–Crippen LogP) is 1.62. The minimum Gasteiger partial charge on any atom is -0.333 e. The standard InChI is InChI=1S/C17H20N2O2/c1-6-9-12-19(15(5)20)13-17(21)18-16(8-3)11-10-14(4)7-2/h1-2,8,10-11H,3,9,12-13H2,4-5H3,(H,18,21)/b14-10+,16-11+. The molecule has 4 nitrogen and oxygen atoms in total. The second-order valence-electron chi connectivity index (χ2n) is 4.26. The van der Waals surface area contributed by atoms with Crippen molar-refractivity contribution in [2.24, 2.45) is 0 Å². The maximum Gasteiger partial charge on any atom is 0.243 e. The number of rotatable bonds is 7. The fraction of sp³-hybridized carbons (Fsp3) is 0.294. The monoisotopic (exact) mass is 284 g/mol. The number of allylic oxidation sites excluding steroid dienone is 4. The molecule has 0 saturated heterocycles. The summed E-state index contributed by atoms with van der Waals surface area (Å²) in [4.78, 5) is 24.7. The lowest BCUT2D eigenvalue weighted by molar-refractivity contribution is -0.134. The molecule has 1 N–H and O–H groups in total. The molecule has 0 fully saturated rings. The van der Waals surface area contributed by atoms with E-state index in [1.165, 1.54) is 17.9 Å². The van der Waals surface area contributed by atoms with Crippen LogP contribution in [0.1, 0.15) is 20.3 Å². The molecular formula is C17H20N2O2. The molecule has 0 aliphatic rings. The Hall–Kier alpha value is -2.72. The summed E-state index contributed by atoms with van der Waals surface area (Å²) in [5.74, 6) is 4.38. The molecule has 0 spiro atoms. The highest BCUT2D eigenvalue weighted by Gasteiger charge is 2.12. The largest absolute Gasteiger partial charge is 0.333 e. The Balaban J connectivity index is 4.72. The number of nitrogens with one attached hydrogen (secondary N) is 1. The molecule has 0 heterocycles. The normalized spacial score (nSPS) is 11.0. The first-order chi connectivity index (χ1) is 9.94. The molecule has 110 valence electrons. The number of carbonyl (C=O) groups is 2. The van der Waals surface area contributed by atoms with Crippen molar-refractivity contribution in [1.82, 2.24) is 10.2 Å². The van der Waals surface area contributed by atoms with Gasteiger partial charge >= 0.3 is 0 Å². The van der Waals surface area contributed by atoms with E-state index in [9.17, 15) is 9.59 Å². The zero-order chi connectivity index (χ0) is 16.3. The van der Waals surface area contributed by atoms with Crippen molar-refractivity contribution in [2.45, 2.75) is 20.3 Å². The third-order valence-electron chi connectivity index (χ3n) is 2.55. The summed E-state index contributed by atoms with van der Waals surface area (Å²) in [5.41, 5.74) is 1.23. The molecule has 0 unspecified atom stereocenters. The highest BCUT2D eigenvalue weighted by atomic mass is 16.2. The molecular weight excluding hydrogens is 264 g/mol. The van der Waals surface area contributed by atoms with Crippen molar-refractivity contribution in [3.05, 3.63) is 36.1 Å². The second kappa shape index (κ2) is 10.1. The molecule has 0 aliphatic heterocycles. The predicted molar refractivity (Wildman–Crippen MR) is 84.7 cm³/mol. The molecule has 21 heavy (non-hydrogen) atoms. The molecule has 0 aromatic carbocycles. The molecule has 0 bridgehead atoms. The maximum atomic E-state index is 11.9. The molecule has 0 rings (SSSR count). The van der Waals surface area contributed by atoms with E-state index in [0.717, 1.165) is 5.57 Å². The second-order valence-corrected chi connectivity index (χ2v) is 4.26. The van der Waals surface area contributed by atoms with Crippen molar-refractivity contribution in [1.29, 1.82) is 0 Å². The highest BCUT2D eigenvalue weighted by molar-refractivity contribution is 5.85. The van der Waals surface area contributed by atoms with Crippen LogP contribution >= 0.6 is 0 Å². The van der Waals surface area contributed by atoms with Crippen molar-refractivity contribution in [2.75, 3.05) is 13.1 Å². The Morgan fingerprint density at radius 3 is 2.43 bits per heavy atom. The van der Waals surface area contributed by atoms with Gasteiger partial charge < -0.3 is 10.2 Å².